The Hall–Kier alpha value is -1.88. The molecule has 1 rings (SSSR count). The highest BCUT2D eigenvalue weighted by Crippen LogP contribution is 2.04. The van der Waals surface area contributed by atoms with E-state index in [1.807, 2.05) is 30.3 Å². The van der Waals surface area contributed by atoms with Crippen LogP contribution >= 0.6 is 0 Å². The van der Waals surface area contributed by atoms with E-state index in [2.05, 4.69) is 0 Å². The summed E-state index contributed by atoms with van der Waals surface area (Å²) >= 11 is 0. The zero-order valence-corrected chi connectivity index (χ0v) is 10.5. The first-order valence-electron chi connectivity index (χ1n) is 5.64. The molecular weight excluding hydrogens is 234 g/mol. The second kappa shape index (κ2) is 6.76. The van der Waals surface area contributed by atoms with Gasteiger partial charge in [0.1, 0.15) is 18.8 Å². The smallest absolute Gasteiger partial charge is 0.327 e. The van der Waals surface area contributed by atoms with Gasteiger partial charge in [-0.3, -0.25) is 9.59 Å². The van der Waals surface area contributed by atoms with Gasteiger partial charge in [-0.25, -0.2) is 0 Å². The first-order chi connectivity index (χ1) is 8.50. The topological polar surface area (TPSA) is 78.6 Å². The van der Waals surface area contributed by atoms with Crippen LogP contribution in [0.4, 0.5) is 0 Å². The van der Waals surface area contributed by atoms with Gasteiger partial charge in [0.25, 0.3) is 0 Å². The van der Waals surface area contributed by atoms with E-state index in [1.54, 1.807) is 6.92 Å². The molecule has 1 aromatic rings. The second-order valence-electron chi connectivity index (χ2n) is 3.93. The SMILES string of the molecule is CC(=O)O[C@H](C)[C@H](N)C(=O)OCc1ccccc1. The lowest BCUT2D eigenvalue weighted by atomic mass is 10.2. The molecule has 5 heteroatoms. The Bertz CT molecular complexity index is 405. The third-order valence-corrected chi connectivity index (χ3v) is 2.35. The molecule has 2 N–H and O–H groups in total. The van der Waals surface area contributed by atoms with Crippen LogP contribution in [-0.4, -0.2) is 24.1 Å². The molecule has 2 atom stereocenters. The molecule has 0 unspecified atom stereocenters. The average Bonchev–Trinajstić information content (AvgIpc) is 2.35. The highest BCUT2D eigenvalue weighted by molar-refractivity contribution is 5.77. The number of carbonyl (C=O) groups is 2. The molecule has 5 nitrogen and oxygen atoms in total. The van der Waals surface area contributed by atoms with Crippen molar-refractivity contribution in [2.75, 3.05) is 0 Å². The zero-order valence-electron chi connectivity index (χ0n) is 10.5. The molecule has 0 aliphatic carbocycles. The maximum absolute atomic E-state index is 11.6. The highest BCUT2D eigenvalue weighted by atomic mass is 16.6. The van der Waals surface area contributed by atoms with Crippen LogP contribution in [0, 0.1) is 0 Å². The average molecular weight is 251 g/mol. The molecule has 0 spiro atoms. The van der Waals surface area contributed by atoms with Crippen LogP contribution in [0.25, 0.3) is 0 Å². The van der Waals surface area contributed by atoms with Gasteiger partial charge in [0.15, 0.2) is 0 Å². The van der Waals surface area contributed by atoms with Gasteiger partial charge in [-0.15, -0.1) is 0 Å². The Morgan fingerprint density at radius 3 is 2.44 bits per heavy atom. The van der Waals surface area contributed by atoms with Crippen LogP contribution in [-0.2, 0) is 25.7 Å². The number of carbonyl (C=O) groups excluding carboxylic acids is 2. The summed E-state index contributed by atoms with van der Waals surface area (Å²) in [5, 5.41) is 0. The van der Waals surface area contributed by atoms with E-state index in [4.69, 9.17) is 15.2 Å². The Balaban J connectivity index is 2.43. The van der Waals surface area contributed by atoms with Crippen molar-refractivity contribution in [1.29, 1.82) is 0 Å². The summed E-state index contributed by atoms with van der Waals surface area (Å²) in [6.45, 7) is 2.97. The summed E-state index contributed by atoms with van der Waals surface area (Å²) in [6, 6.07) is 8.29. The van der Waals surface area contributed by atoms with Crippen molar-refractivity contribution in [2.24, 2.45) is 5.73 Å². The number of ether oxygens (including phenoxy) is 2. The van der Waals surface area contributed by atoms with Crippen molar-refractivity contribution in [1.82, 2.24) is 0 Å². The molecule has 0 bridgehead atoms. The van der Waals surface area contributed by atoms with Gasteiger partial charge in [0.2, 0.25) is 0 Å². The first-order valence-corrected chi connectivity index (χ1v) is 5.64. The summed E-state index contributed by atoms with van der Waals surface area (Å²) in [6.07, 6.45) is -0.703. The van der Waals surface area contributed by atoms with Gasteiger partial charge in [0.05, 0.1) is 0 Å². The molecule has 0 heterocycles. The summed E-state index contributed by atoms with van der Waals surface area (Å²) in [5.74, 6) is -1.07. The van der Waals surface area contributed by atoms with Crippen molar-refractivity contribution >= 4 is 11.9 Å². The Morgan fingerprint density at radius 1 is 1.28 bits per heavy atom. The molecule has 1 aromatic carbocycles. The van der Waals surface area contributed by atoms with Crippen LogP contribution in [0.1, 0.15) is 19.4 Å². The van der Waals surface area contributed by atoms with Crippen LogP contribution in [0.5, 0.6) is 0 Å². The molecule has 0 radical (unpaired) electrons. The van der Waals surface area contributed by atoms with E-state index in [1.165, 1.54) is 6.92 Å². The van der Waals surface area contributed by atoms with Crippen molar-refractivity contribution in [2.45, 2.75) is 32.6 Å². The van der Waals surface area contributed by atoms with Gasteiger partial charge in [-0.05, 0) is 12.5 Å². The maximum Gasteiger partial charge on any atom is 0.327 e. The Labute approximate surface area is 106 Å². The molecule has 18 heavy (non-hydrogen) atoms. The number of nitrogens with two attached hydrogens (primary N) is 1. The second-order valence-corrected chi connectivity index (χ2v) is 3.93. The third kappa shape index (κ3) is 4.55. The van der Waals surface area contributed by atoms with E-state index >= 15 is 0 Å². The fourth-order valence-electron chi connectivity index (χ4n) is 1.35. The van der Waals surface area contributed by atoms with Crippen LogP contribution in [0.15, 0.2) is 30.3 Å². The molecule has 0 fully saturated rings. The van der Waals surface area contributed by atoms with Crippen molar-refractivity contribution < 1.29 is 19.1 Å². The van der Waals surface area contributed by atoms with Gasteiger partial charge in [-0.2, -0.15) is 0 Å². The van der Waals surface area contributed by atoms with E-state index in [9.17, 15) is 9.59 Å². The summed E-state index contributed by atoms with van der Waals surface area (Å²) in [5.41, 5.74) is 6.49. The monoisotopic (exact) mass is 251 g/mol. The molecule has 0 amide bonds. The van der Waals surface area contributed by atoms with Crippen molar-refractivity contribution in [3.8, 4) is 0 Å². The summed E-state index contributed by atoms with van der Waals surface area (Å²) in [4.78, 5) is 22.3. The number of esters is 2. The van der Waals surface area contributed by atoms with Crippen LogP contribution in [0.2, 0.25) is 0 Å². The van der Waals surface area contributed by atoms with Crippen molar-refractivity contribution in [3.63, 3.8) is 0 Å². The molecular formula is C13H17NO4. The van der Waals surface area contributed by atoms with Crippen LogP contribution in [0.3, 0.4) is 0 Å². The van der Waals surface area contributed by atoms with Gasteiger partial charge in [0, 0.05) is 6.92 Å². The minimum atomic E-state index is -0.974. The molecule has 0 aliphatic rings. The summed E-state index contributed by atoms with van der Waals surface area (Å²) < 4.78 is 9.86. The fraction of sp³-hybridized carbons (Fsp3) is 0.385. The maximum atomic E-state index is 11.6. The molecule has 0 saturated heterocycles. The fourth-order valence-corrected chi connectivity index (χ4v) is 1.35. The van der Waals surface area contributed by atoms with Gasteiger partial charge < -0.3 is 15.2 Å². The highest BCUT2D eigenvalue weighted by Gasteiger charge is 2.24. The molecule has 98 valence electrons. The first kappa shape index (κ1) is 14.2. The lowest BCUT2D eigenvalue weighted by molar-refractivity contribution is -0.155. The largest absolute Gasteiger partial charge is 0.461 e. The van der Waals surface area contributed by atoms with E-state index in [0.29, 0.717) is 0 Å². The number of hydrogen-bond donors (Lipinski definition) is 1. The predicted octanol–water partition coefficient (Wildman–Crippen LogP) is 1.01. The lowest BCUT2D eigenvalue weighted by Gasteiger charge is -2.18. The zero-order chi connectivity index (χ0) is 13.5. The predicted molar refractivity (Wildman–Crippen MR) is 65.4 cm³/mol. The Morgan fingerprint density at radius 2 is 1.89 bits per heavy atom. The minimum absolute atomic E-state index is 0.153. The molecule has 0 aromatic heterocycles. The van der Waals surface area contributed by atoms with Gasteiger partial charge in [-0.1, -0.05) is 30.3 Å². The molecule has 0 aliphatic heterocycles. The third-order valence-electron chi connectivity index (χ3n) is 2.35. The van der Waals surface area contributed by atoms with E-state index in [-0.39, 0.29) is 6.61 Å². The van der Waals surface area contributed by atoms with E-state index in [0.717, 1.165) is 5.56 Å². The lowest BCUT2D eigenvalue weighted by Crippen LogP contribution is -2.43. The number of rotatable bonds is 5. The molecule has 0 saturated carbocycles. The van der Waals surface area contributed by atoms with E-state index < -0.39 is 24.1 Å². The minimum Gasteiger partial charge on any atom is -0.461 e. The van der Waals surface area contributed by atoms with Gasteiger partial charge >= 0.3 is 11.9 Å². The number of hydrogen-bond acceptors (Lipinski definition) is 5. The van der Waals surface area contributed by atoms with Crippen LogP contribution < -0.4 is 5.73 Å². The summed E-state index contributed by atoms with van der Waals surface area (Å²) in [7, 11) is 0. The normalized spacial score (nSPS) is 13.5. The van der Waals surface area contributed by atoms with Crippen molar-refractivity contribution in [3.05, 3.63) is 35.9 Å². The number of benzene rings is 1. The standard InChI is InChI=1S/C13H17NO4/c1-9(18-10(2)15)12(14)13(16)17-8-11-6-4-3-5-7-11/h3-7,9,12H,8,14H2,1-2H3/t9-,12+/m1/s1. The Kier molecular flexibility index (Phi) is 5.32. The quantitative estimate of drug-likeness (QED) is 0.790.